The molecule has 2 N–H and O–H groups in total. The molecule has 1 aromatic rings. The Morgan fingerprint density at radius 1 is 1.44 bits per heavy atom. The van der Waals surface area contributed by atoms with Crippen molar-refractivity contribution >= 4 is 26.5 Å². The molecule has 1 saturated carbocycles. The highest BCUT2D eigenvalue weighted by Crippen LogP contribution is 2.30. The number of rotatable bonds is 4. The van der Waals surface area contributed by atoms with Gasteiger partial charge in [0.15, 0.2) is 9.34 Å². The van der Waals surface area contributed by atoms with Gasteiger partial charge in [-0.3, -0.25) is 0 Å². The molecule has 0 radical (unpaired) electrons. The van der Waals surface area contributed by atoms with Crippen molar-refractivity contribution in [2.45, 2.75) is 36.8 Å². The SMILES string of the molecule is Cc1nc(N)sc1S(=O)(=O)N(C)CC1CCCC1. The number of nitrogen functional groups attached to an aromatic ring is 1. The molecule has 0 atom stereocenters. The third-order valence-corrected chi connectivity index (χ3v) is 6.80. The van der Waals surface area contributed by atoms with Crippen molar-refractivity contribution < 1.29 is 8.42 Å². The summed E-state index contributed by atoms with van der Waals surface area (Å²) in [6.45, 7) is 2.28. The molecule has 0 aliphatic heterocycles. The predicted octanol–water partition coefficient (Wildman–Crippen LogP) is 1.84. The van der Waals surface area contributed by atoms with Crippen LogP contribution in [0.2, 0.25) is 0 Å². The van der Waals surface area contributed by atoms with Crippen molar-refractivity contribution in [1.29, 1.82) is 0 Å². The maximum atomic E-state index is 12.4. The molecule has 0 spiro atoms. The van der Waals surface area contributed by atoms with Crippen LogP contribution in [0.3, 0.4) is 0 Å². The van der Waals surface area contributed by atoms with Crippen LogP contribution in [0.5, 0.6) is 0 Å². The van der Waals surface area contributed by atoms with Crippen molar-refractivity contribution in [3.8, 4) is 0 Å². The minimum Gasteiger partial charge on any atom is -0.375 e. The third-order valence-electron chi connectivity index (χ3n) is 3.41. The number of thiazole rings is 1. The first-order valence-corrected chi connectivity index (χ1v) is 8.36. The summed E-state index contributed by atoms with van der Waals surface area (Å²) >= 11 is 1.04. The molecule has 1 heterocycles. The second kappa shape index (κ2) is 5.14. The van der Waals surface area contributed by atoms with Crippen LogP contribution in [-0.4, -0.2) is 31.3 Å². The van der Waals surface area contributed by atoms with Crippen molar-refractivity contribution in [3.63, 3.8) is 0 Å². The first-order valence-electron chi connectivity index (χ1n) is 6.10. The van der Waals surface area contributed by atoms with Crippen LogP contribution in [0, 0.1) is 12.8 Å². The second-order valence-corrected chi connectivity index (χ2v) is 8.13. The van der Waals surface area contributed by atoms with Gasteiger partial charge in [0, 0.05) is 13.6 Å². The number of aryl methyl sites for hydroxylation is 1. The number of hydrogen-bond donors (Lipinski definition) is 1. The van der Waals surface area contributed by atoms with Crippen LogP contribution in [0.4, 0.5) is 5.13 Å². The van der Waals surface area contributed by atoms with E-state index in [1.54, 1.807) is 14.0 Å². The van der Waals surface area contributed by atoms with E-state index in [9.17, 15) is 8.42 Å². The van der Waals surface area contributed by atoms with Gasteiger partial charge >= 0.3 is 0 Å². The van der Waals surface area contributed by atoms with E-state index in [1.165, 1.54) is 17.1 Å². The summed E-state index contributed by atoms with van der Waals surface area (Å²) in [5.74, 6) is 0.496. The fourth-order valence-electron chi connectivity index (χ4n) is 2.44. The Morgan fingerprint density at radius 2 is 2.06 bits per heavy atom. The molecule has 1 aliphatic rings. The Kier molecular flexibility index (Phi) is 3.93. The molecule has 0 saturated heterocycles. The quantitative estimate of drug-likeness (QED) is 0.917. The van der Waals surface area contributed by atoms with E-state index in [1.807, 2.05) is 0 Å². The number of anilines is 1. The normalized spacial score (nSPS) is 17.7. The molecule has 0 bridgehead atoms. The summed E-state index contributed by atoms with van der Waals surface area (Å²) < 4.78 is 26.5. The van der Waals surface area contributed by atoms with E-state index in [4.69, 9.17) is 5.73 Å². The van der Waals surface area contributed by atoms with Crippen LogP contribution in [-0.2, 0) is 10.0 Å². The van der Waals surface area contributed by atoms with Crippen molar-refractivity contribution in [2.75, 3.05) is 19.3 Å². The topological polar surface area (TPSA) is 76.3 Å². The van der Waals surface area contributed by atoms with Gasteiger partial charge < -0.3 is 5.73 Å². The standard InChI is InChI=1S/C11H19N3O2S2/c1-8-10(17-11(12)13-8)18(15,16)14(2)7-9-5-3-4-6-9/h9H,3-7H2,1-2H3,(H2,12,13). The van der Waals surface area contributed by atoms with Gasteiger partial charge in [-0.2, -0.15) is 4.31 Å². The second-order valence-electron chi connectivity index (χ2n) is 4.86. The molecule has 0 aromatic carbocycles. The van der Waals surface area contributed by atoms with Crippen LogP contribution < -0.4 is 5.73 Å². The Bertz CT molecular complexity index is 518. The molecule has 2 rings (SSSR count). The summed E-state index contributed by atoms with van der Waals surface area (Å²) in [5, 5.41) is 0.306. The molecule has 1 fully saturated rings. The summed E-state index contributed by atoms with van der Waals surface area (Å²) in [7, 11) is -1.79. The summed E-state index contributed by atoms with van der Waals surface area (Å²) in [6, 6.07) is 0. The van der Waals surface area contributed by atoms with Gasteiger partial charge in [-0.25, -0.2) is 13.4 Å². The van der Waals surface area contributed by atoms with Gasteiger partial charge in [-0.1, -0.05) is 24.2 Å². The van der Waals surface area contributed by atoms with E-state index in [2.05, 4.69) is 4.98 Å². The largest absolute Gasteiger partial charge is 0.375 e. The number of hydrogen-bond acceptors (Lipinski definition) is 5. The van der Waals surface area contributed by atoms with E-state index in [-0.39, 0.29) is 4.21 Å². The van der Waals surface area contributed by atoms with Crippen LogP contribution in [0.1, 0.15) is 31.4 Å². The van der Waals surface area contributed by atoms with Crippen molar-refractivity contribution in [1.82, 2.24) is 9.29 Å². The lowest BCUT2D eigenvalue weighted by Crippen LogP contribution is -2.31. The molecule has 1 aromatic heterocycles. The van der Waals surface area contributed by atoms with Gasteiger partial charge in [-0.05, 0) is 25.7 Å². The molecule has 102 valence electrons. The highest BCUT2D eigenvalue weighted by Gasteiger charge is 2.28. The number of aromatic nitrogens is 1. The van der Waals surface area contributed by atoms with Gasteiger partial charge in [-0.15, -0.1) is 0 Å². The minimum atomic E-state index is -3.43. The van der Waals surface area contributed by atoms with E-state index < -0.39 is 10.0 Å². The molecule has 5 nitrogen and oxygen atoms in total. The van der Waals surface area contributed by atoms with Crippen molar-refractivity contribution in [2.24, 2.45) is 5.92 Å². The van der Waals surface area contributed by atoms with Crippen molar-refractivity contribution in [3.05, 3.63) is 5.69 Å². The maximum Gasteiger partial charge on any atom is 0.254 e. The van der Waals surface area contributed by atoms with Gasteiger partial charge in [0.1, 0.15) is 0 Å². The zero-order chi connectivity index (χ0) is 13.3. The number of sulfonamides is 1. The van der Waals surface area contributed by atoms with Gasteiger partial charge in [0.25, 0.3) is 10.0 Å². The van der Waals surface area contributed by atoms with Gasteiger partial charge in [0.05, 0.1) is 5.69 Å². The summed E-state index contributed by atoms with van der Waals surface area (Å²) in [4.78, 5) is 3.98. The smallest absolute Gasteiger partial charge is 0.254 e. The third kappa shape index (κ3) is 2.67. The fourth-order valence-corrected chi connectivity index (χ4v) is 5.17. The summed E-state index contributed by atoms with van der Waals surface area (Å²) in [5.41, 5.74) is 6.06. The Labute approximate surface area is 112 Å². The zero-order valence-corrected chi connectivity index (χ0v) is 12.4. The molecule has 0 unspecified atom stereocenters. The average molecular weight is 289 g/mol. The lowest BCUT2D eigenvalue weighted by atomic mass is 10.1. The van der Waals surface area contributed by atoms with Crippen LogP contribution in [0.25, 0.3) is 0 Å². The Hall–Kier alpha value is -0.660. The predicted molar refractivity (Wildman–Crippen MR) is 73.0 cm³/mol. The zero-order valence-electron chi connectivity index (χ0n) is 10.7. The first-order chi connectivity index (χ1) is 8.41. The number of nitrogens with zero attached hydrogens (tertiary/aromatic N) is 2. The molecule has 1 aliphatic carbocycles. The van der Waals surface area contributed by atoms with E-state index in [0.29, 0.717) is 23.3 Å². The van der Waals surface area contributed by atoms with Gasteiger partial charge in [0.2, 0.25) is 0 Å². The van der Waals surface area contributed by atoms with E-state index in [0.717, 1.165) is 24.2 Å². The molecular weight excluding hydrogens is 270 g/mol. The molecule has 18 heavy (non-hydrogen) atoms. The first kappa shape index (κ1) is 13.8. The molecular formula is C11H19N3O2S2. The molecule has 0 amide bonds. The Balaban J connectivity index is 2.17. The number of nitrogens with two attached hydrogens (primary N) is 1. The van der Waals surface area contributed by atoms with E-state index >= 15 is 0 Å². The fraction of sp³-hybridized carbons (Fsp3) is 0.727. The van der Waals surface area contributed by atoms with Crippen LogP contribution in [0.15, 0.2) is 4.21 Å². The highest BCUT2D eigenvalue weighted by molar-refractivity contribution is 7.91. The highest BCUT2D eigenvalue weighted by atomic mass is 32.2. The lowest BCUT2D eigenvalue weighted by molar-refractivity contribution is 0.388. The molecule has 7 heteroatoms. The monoisotopic (exact) mass is 289 g/mol. The Morgan fingerprint density at radius 3 is 2.56 bits per heavy atom. The minimum absolute atomic E-state index is 0.278. The lowest BCUT2D eigenvalue weighted by Gasteiger charge is -2.20. The van der Waals surface area contributed by atoms with Crippen LogP contribution >= 0.6 is 11.3 Å². The summed E-state index contributed by atoms with van der Waals surface area (Å²) in [6.07, 6.45) is 4.68. The average Bonchev–Trinajstić information content (AvgIpc) is 2.88. The maximum absolute atomic E-state index is 12.4.